The molecule has 0 aliphatic heterocycles. The highest BCUT2D eigenvalue weighted by Crippen LogP contribution is 2.27. The quantitative estimate of drug-likeness (QED) is 0.305. The monoisotopic (exact) mass is 464 g/mol. The number of rotatable bonds is 10. The summed E-state index contributed by atoms with van der Waals surface area (Å²) in [7, 11) is 0.552. The molecule has 32 heavy (non-hydrogen) atoms. The Hall–Kier alpha value is -2.49. The van der Waals surface area contributed by atoms with Crippen LogP contribution in [0.4, 0.5) is 0 Å². The number of hydrogen-bond donors (Lipinski definition) is 0. The molecule has 0 radical (unpaired) electrons. The van der Waals surface area contributed by atoms with Gasteiger partial charge in [0.1, 0.15) is 5.69 Å². The molecule has 1 atom stereocenters. The molecule has 0 aliphatic carbocycles. The normalized spacial score (nSPS) is 12.8. The fourth-order valence-corrected chi connectivity index (χ4v) is 5.43. The molecule has 1 heterocycles. The van der Waals surface area contributed by atoms with Gasteiger partial charge >= 0.3 is 5.97 Å². The standard InChI is InChI=1S/C23H32N2O6S/c1-15-9-11-19(12-10-15)32(28,29)25(13-8-14-30-6)18(4)22(26)20-16(2)21(23(27)31-7)24(5)17(20)3/h9-12,18H,8,13-14H2,1-7H3. The van der Waals surface area contributed by atoms with E-state index in [9.17, 15) is 18.0 Å². The first kappa shape index (κ1) is 25.8. The average molecular weight is 465 g/mol. The maximum Gasteiger partial charge on any atom is 0.354 e. The average Bonchev–Trinajstić information content (AvgIpc) is 2.98. The van der Waals surface area contributed by atoms with E-state index in [1.54, 1.807) is 63.8 Å². The number of carbonyl (C=O) groups is 2. The zero-order valence-electron chi connectivity index (χ0n) is 19.8. The van der Waals surface area contributed by atoms with E-state index < -0.39 is 22.0 Å². The molecule has 0 amide bonds. The van der Waals surface area contributed by atoms with E-state index in [0.717, 1.165) is 5.56 Å². The van der Waals surface area contributed by atoms with E-state index in [1.165, 1.54) is 11.4 Å². The summed E-state index contributed by atoms with van der Waals surface area (Å²) >= 11 is 0. The third-order valence-corrected chi connectivity index (χ3v) is 7.71. The topological polar surface area (TPSA) is 94.9 Å². The van der Waals surface area contributed by atoms with Crippen molar-refractivity contribution in [3.05, 3.63) is 52.3 Å². The molecule has 0 aliphatic rings. The van der Waals surface area contributed by atoms with Crippen LogP contribution in [0.2, 0.25) is 0 Å². The maximum absolute atomic E-state index is 13.6. The Morgan fingerprint density at radius 1 is 1.09 bits per heavy atom. The number of Topliss-reactive ketones (excluding diaryl/α,β-unsaturated/α-hetero) is 1. The van der Waals surface area contributed by atoms with Crippen molar-refractivity contribution in [3.63, 3.8) is 0 Å². The van der Waals surface area contributed by atoms with Crippen molar-refractivity contribution in [1.82, 2.24) is 8.87 Å². The second-order valence-corrected chi connectivity index (χ2v) is 9.69. The highest BCUT2D eigenvalue weighted by atomic mass is 32.2. The van der Waals surface area contributed by atoms with Crippen molar-refractivity contribution in [1.29, 1.82) is 0 Å². The van der Waals surface area contributed by atoms with Crippen LogP contribution in [-0.4, -0.2) is 62.5 Å². The third-order valence-electron chi connectivity index (χ3n) is 5.72. The third kappa shape index (κ3) is 4.95. The van der Waals surface area contributed by atoms with Crippen molar-refractivity contribution < 1.29 is 27.5 Å². The summed E-state index contributed by atoms with van der Waals surface area (Å²) in [6.07, 6.45) is 0.430. The number of sulfonamides is 1. The fraction of sp³-hybridized carbons (Fsp3) is 0.478. The molecular formula is C23H32N2O6S. The largest absolute Gasteiger partial charge is 0.464 e. The number of nitrogens with zero attached hydrogens (tertiary/aromatic N) is 2. The lowest BCUT2D eigenvalue weighted by Crippen LogP contribution is -2.44. The molecule has 1 aromatic heterocycles. The summed E-state index contributed by atoms with van der Waals surface area (Å²) in [5, 5.41) is 0. The molecule has 0 spiro atoms. The summed E-state index contributed by atoms with van der Waals surface area (Å²) < 4.78 is 39.7. The molecule has 2 rings (SSSR count). The van der Waals surface area contributed by atoms with Crippen LogP contribution in [0.5, 0.6) is 0 Å². The SMILES string of the molecule is COCCCN(C(C)C(=O)c1c(C)c(C(=O)OC)n(C)c1C)S(=O)(=O)c1ccc(C)cc1. The predicted octanol–water partition coefficient (Wildman–Crippen LogP) is 3.04. The Bertz CT molecular complexity index is 1090. The number of ether oxygens (including phenoxy) is 2. The first-order valence-corrected chi connectivity index (χ1v) is 11.8. The number of methoxy groups -OCH3 is 2. The van der Waals surface area contributed by atoms with Crippen LogP contribution in [0.25, 0.3) is 0 Å². The molecule has 0 N–H and O–H groups in total. The molecular weight excluding hydrogens is 432 g/mol. The number of benzene rings is 1. The van der Waals surface area contributed by atoms with Gasteiger partial charge in [-0.1, -0.05) is 17.7 Å². The first-order chi connectivity index (χ1) is 15.0. The Morgan fingerprint density at radius 3 is 2.22 bits per heavy atom. The van der Waals surface area contributed by atoms with Crippen molar-refractivity contribution in [2.24, 2.45) is 7.05 Å². The molecule has 9 heteroatoms. The lowest BCUT2D eigenvalue weighted by atomic mass is 10.0. The zero-order chi connectivity index (χ0) is 24.2. The first-order valence-electron chi connectivity index (χ1n) is 10.3. The summed E-state index contributed by atoms with van der Waals surface area (Å²) in [5.74, 6) is -0.928. The Labute approximate surface area is 190 Å². The molecule has 1 aromatic carbocycles. The molecule has 0 bridgehead atoms. The minimum absolute atomic E-state index is 0.117. The van der Waals surface area contributed by atoms with E-state index >= 15 is 0 Å². The fourth-order valence-electron chi connectivity index (χ4n) is 3.80. The van der Waals surface area contributed by atoms with Gasteiger partial charge in [-0.05, 0) is 51.8 Å². The second kappa shape index (κ2) is 10.4. The van der Waals surface area contributed by atoms with Crippen LogP contribution >= 0.6 is 0 Å². The van der Waals surface area contributed by atoms with Crippen LogP contribution in [0.15, 0.2) is 29.2 Å². The summed E-state index contributed by atoms with van der Waals surface area (Å²) in [4.78, 5) is 25.9. The van der Waals surface area contributed by atoms with Gasteiger partial charge in [0.25, 0.3) is 0 Å². The molecule has 0 fully saturated rings. The summed E-state index contributed by atoms with van der Waals surface area (Å²) in [6, 6.07) is 5.55. The predicted molar refractivity (Wildman–Crippen MR) is 122 cm³/mol. The Kier molecular flexibility index (Phi) is 8.39. The van der Waals surface area contributed by atoms with Crippen LogP contribution in [0.3, 0.4) is 0 Å². The Balaban J connectivity index is 2.53. The van der Waals surface area contributed by atoms with Gasteiger partial charge in [-0.25, -0.2) is 13.2 Å². The van der Waals surface area contributed by atoms with Crippen LogP contribution in [0, 0.1) is 20.8 Å². The van der Waals surface area contributed by atoms with Crippen LogP contribution in [0.1, 0.15) is 51.0 Å². The van der Waals surface area contributed by atoms with Crippen LogP contribution < -0.4 is 0 Å². The van der Waals surface area contributed by atoms with Crippen molar-refractivity contribution >= 4 is 21.8 Å². The number of carbonyl (C=O) groups excluding carboxylic acids is 2. The minimum Gasteiger partial charge on any atom is -0.464 e. The minimum atomic E-state index is -3.94. The van der Waals surface area contributed by atoms with Gasteiger partial charge in [-0.15, -0.1) is 0 Å². The van der Waals surface area contributed by atoms with Gasteiger partial charge in [0, 0.05) is 38.6 Å². The lowest BCUT2D eigenvalue weighted by Gasteiger charge is -2.28. The highest BCUT2D eigenvalue weighted by molar-refractivity contribution is 7.89. The summed E-state index contributed by atoms with van der Waals surface area (Å²) in [6.45, 7) is 7.32. The number of ketones is 1. The van der Waals surface area contributed by atoms with Crippen LogP contribution in [-0.2, 0) is 26.5 Å². The number of esters is 1. The summed E-state index contributed by atoms with van der Waals surface area (Å²) in [5.41, 5.74) is 2.58. The zero-order valence-corrected chi connectivity index (χ0v) is 20.6. The molecule has 0 saturated carbocycles. The van der Waals surface area contributed by atoms with Crippen molar-refractivity contribution in [3.8, 4) is 0 Å². The van der Waals surface area contributed by atoms with E-state index in [1.807, 2.05) is 6.92 Å². The van der Waals surface area contributed by atoms with E-state index in [0.29, 0.717) is 29.8 Å². The molecule has 8 nitrogen and oxygen atoms in total. The van der Waals surface area contributed by atoms with Gasteiger partial charge in [-0.3, -0.25) is 4.79 Å². The van der Waals surface area contributed by atoms with Crippen molar-refractivity contribution in [2.75, 3.05) is 27.4 Å². The van der Waals surface area contributed by atoms with E-state index in [-0.39, 0.29) is 22.9 Å². The lowest BCUT2D eigenvalue weighted by molar-refractivity contribution is 0.0588. The molecule has 1 unspecified atom stereocenters. The number of hydrogen-bond acceptors (Lipinski definition) is 6. The van der Waals surface area contributed by atoms with Gasteiger partial charge in [0.15, 0.2) is 5.78 Å². The Morgan fingerprint density at radius 2 is 1.69 bits per heavy atom. The molecule has 0 saturated heterocycles. The smallest absolute Gasteiger partial charge is 0.354 e. The van der Waals surface area contributed by atoms with E-state index in [4.69, 9.17) is 9.47 Å². The highest BCUT2D eigenvalue weighted by Gasteiger charge is 2.36. The van der Waals surface area contributed by atoms with Gasteiger partial charge in [0.05, 0.1) is 18.0 Å². The van der Waals surface area contributed by atoms with Gasteiger partial charge in [0.2, 0.25) is 10.0 Å². The second-order valence-electron chi connectivity index (χ2n) is 7.80. The number of aryl methyl sites for hydroxylation is 1. The maximum atomic E-state index is 13.6. The van der Waals surface area contributed by atoms with Gasteiger partial charge in [-0.2, -0.15) is 4.31 Å². The van der Waals surface area contributed by atoms with E-state index in [2.05, 4.69) is 0 Å². The molecule has 176 valence electrons. The molecule has 2 aromatic rings. The van der Waals surface area contributed by atoms with Gasteiger partial charge < -0.3 is 14.0 Å². The van der Waals surface area contributed by atoms with Crippen molar-refractivity contribution in [2.45, 2.75) is 45.1 Å². The number of aromatic nitrogens is 1.